The highest BCUT2D eigenvalue weighted by molar-refractivity contribution is 7.10. The van der Waals surface area contributed by atoms with Crippen molar-refractivity contribution in [3.05, 3.63) is 35.0 Å². The van der Waals surface area contributed by atoms with Crippen molar-refractivity contribution in [1.82, 2.24) is 4.90 Å². The predicted molar refractivity (Wildman–Crippen MR) is 80.6 cm³/mol. The maximum absolute atomic E-state index is 12.1. The lowest BCUT2D eigenvalue weighted by Crippen LogP contribution is -2.28. The molecule has 0 fully saturated rings. The first-order valence-electron chi connectivity index (χ1n) is 6.76. The summed E-state index contributed by atoms with van der Waals surface area (Å²) in [5.74, 6) is -0.344. The van der Waals surface area contributed by atoms with Gasteiger partial charge in [-0.2, -0.15) is 0 Å². The molecule has 0 aliphatic heterocycles. The molecule has 1 aromatic rings. The Bertz CT molecular complexity index is 372. The molecule has 0 saturated heterocycles. The van der Waals surface area contributed by atoms with E-state index in [9.17, 15) is 4.79 Å². The summed E-state index contributed by atoms with van der Waals surface area (Å²) in [4.78, 5) is 15.4. The zero-order valence-corrected chi connectivity index (χ0v) is 12.6. The molecule has 0 N–H and O–H groups in total. The second-order valence-electron chi connectivity index (χ2n) is 4.29. The van der Waals surface area contributed by atoms with Gasteiger partial charge >= 0.3 is 5.97 Å². The minimum atomic E-state index is -0.200. The molecule has 0 aliphatic carbocycles. The van der Waals surface area contributed by atoms with Crippen LogP contribution in [0.25, 0.3) is 0 Å². The lowest BCUT2D eigenvalue weighted by Gasteiger charge is -2.19. The Hall–Kier alpha value is -1.13. The van der Waals surface area contributed by atoms with E-state index in [1.807, 2.05) is 17.5 Å². The number of nitrogens with zero attached hydrogens (tertiary/aromatic N) is 1. The molecule has 0 aromatic carbocycles. The van der Waals surface area contributed by atoms with Crippen LogP contribution in [0.4, 0.5) is 0 Å². The van der Waals surface area contributed by atoms with Gasteiger partial charge in [-0.05, 0) is 31.0 Å². The monoisotopic (exact) mass is 281 g/mol. The summed E-state index contributed by atoms with van der Waals surface area (Å²) in [6.45, 7) is 11.1. The molecule has 1 rings (SSSR count). The molecule has 1 unspecified atom stereocenters. The number of carbonyl (C=O) groups excluding carboxylic acids is 1. The molecule has 106 valence electrons. The largest absolute Gasteiger partial charge is 0.464 e. The van der Waals surface area contributed by atoms with E-state index in [0.717, 1.165) is 24.5 Å². The van der Waals surface area contributed by atoms with Gasteiger partial charge in [-0.1, -0.05) is 26.0 Å². The zero-order chi connectivity index (χ0) is 14.1. The summed E-state index contributed by atoms with van der Waals surface area (Å²) in [5.41, 5.74) is 0. The van der Waals surface area contributed by atoms with Gasteiger partial charge in [-0.25, -0.2) is 0 Å². The molecular weight excluding hydrogens is 258 g/mol. The highest BCUT2D eigenvalue weighted by Gasteiger charge is 2.21. The van der Waals surface area contributed by atoms with E-state index in [1.54, 1.807) is 17.4 Å². The number of likely N-dealkylation sites (N-methyl/N-ethyl adjacent to an activating group) is 1. The lowest BCUT2D eigenvalue weighted by molar-refractivity contribution is -0.145. The minimum Gasteiger partial charge on any atom is -0.464 e. The van der Waals surface area contributed by atoms with Gasteiger partial charge in [0.15, 0.2) is 0 Å². The Labute approximate surface area is 119 Å². The Morgan fingerprint density at radius 1 is 1.53 bits per heavy atom. The zero-order valence-electron chi connectivity index (χ0n) is 11.8. The van der Waals surface area contributed by atoms with Gasteiger partial charge in [0.25, 0.3) is 0 Å². The van der Waals surface area contributed by atoms with Crippen LogP contribution in [0.5, 0.6) is 0 Å². The van der Waals surface area contributed by atoms with E-state index >= 15 is 0 Å². The summed E-state index contributed by atoms with van der Waals surface area (Å²) < 4.78 is 5.39. The van der Waals surface area contributed by atoms with E-state index in [0.29, 0.717) is 13.0 Å². The fourth-order valence-corrected chi connectivity index (χ4v) is 2.73. The van der Waals surface area contributed by atoms with Crippen LogP contribution >= 0.6 is 11.3 Å². The Balaban J connectivity index is 2.47. The van der Waals surface area contributed by atoms with Crippen LogP contribution < -0.4 is 0 Å². The molecule has 0 aliphatic rings. The topological polar surface area (TPSA) is 29.5 Å². The molecule has 19 heavy (non-hydrogen) atoms. The van der Waals surface area contributed by atoms with Crippen LogP contribution in [0.1, 0.15) is 31.1 Å². The van der Waals surface area contributed by atoms with E-state index < -0.39 is 0 Å². The molecule has 1 atom stereocenters. The predicted octanol–water partition coefficient (Wildman–Crippen LogP) is 3.29. The number of ether oxygens (including phenoxy) is 1. The first-order chi connectivity index (χ1) is 9.22. The van der Waals surface area contributed by atoms with Crippen LogP contribution in [0.15, 0.2) is 30.2 Å². The minimum absolute atomic E-state index is 0.144. The third-order valence-corrected chi connectivity index (χ3v) is 4.11. The van der Waals surface area contributed by atoms with E-state index in [-0.39, 0.29) is 11.9 Å². The number of hydrogen-bond acceptors (Lipinski definition) is 4. The average molecular weight is 281 g/mol. The molecule has 1 heterocycles. The van der Waals surface area contributed by atoms with Crippen LogP contribution in [0.3, 0.4) is 0 Å². The van der Waals surface area contributed by atoms with Gasteiger partial charge in [0.1, 0.15) is 6.61 Å². The van der Waals surface area contributed by atoms with Gasteiger partial charge in [0, 0.05) is 11.4 Å². The highest BCUT2D eigenvalue weighted by Crippen LogP contribution is 2.26. The summed E-state index contributed by atoms with van der Waals surface area (Å²) in [6, 6.07) is 3.93. The maximum Gasteiger partial charge on any atom is 0.314 e. The molecule has 1 aromatic heterocycles. The van der Waals surface area contributed by atoms with Crippen molar-refractivity contribution in [2.75, 3.05) is 26.2 Å². The number of esters is 1. The smallest absolute Gasteiger partial charge is 0.314 e. The van der Waals surface area contributed by atoms with Gasteiger partial charge in [0.2, 0.25) is 0 Å². The highest BCUT2D eigenvalue weighted by atomic mass is 32.1. The van der Waals surface area contributed by atoms with Gasteiger partial charge in [0.05, 0.1) is 5.92 Å². The van der Waals surface area contributed by atoms with Crippen LogP contribution in [-0.2, 0) is 9.53 Å². The average Bonchev–Trinajstić information content (AvgIpc) is 2.94. The van der Waals surface area contributed by atoms with Crippen molar-refractivity contribution in [3.63, 3.8) is 0 Å². The molecule has 0 saturated carbocycles. The third-order valence-electron chi connectivity index (χ3n) is 3.12. The molecule has 0 spiro atoms. The quantitative estimate of drug-likeness (QED) is 0.514. The first kappa shape index (κ1) is 15.9. The number of hydrogen-bond donors (Lipinski definition) is 0. The van der Waals surface area contributed by atoms with Crippen molar-refractivity contribution >= 4 is 17.3 Å². The van der Waals surface area contributed by atoms with Crippen LogP contribution in [0.2, 0.25) is 0 Å². The number of carbonyl (C=O) groups is 1. The summed E-state index contributed by atoms with van der Waals surface area (Å²) in [5, 5.41) is 1.98. The van der Waals surface area contributed by atoms with Gasteiger partial charge in [-0.3, -0.25) is 4.79 Å². The second-order valence-corrected chi connectivity index (χ2v) is 5.27. The maximum atomic E-state index is 12.1. The molecule has 0 amide bonds. The fraction of sp³-hybridized carbons (Fsp3) is 0.533. The van der Waals surface area contributed by atoms with E-state index in [1.165, 1.54) is 0 Å². The summed E-state index contributed by atoms with van der Waals surface area (Å²) >= 11 is 1.59. The molecule has 4 heteroatoms. The Morgan fingerprint density at radius 3 is 2.79 bits per heavy atom. The summed E-state index contributed by atoms with van der Waals surface area (Å²) in [7, 11) is 0. The van der Waals surface area contributed by atoms with Crippen LogP contribution in [0, 0.1) is 0 Å². The normalized spacial score (nSPS) is 12.4. The SMILES string of the molecule is C=CCC(C(=O)OCCN(CC)CC)c1cccs1. The Morgan fingerprint density at radius 2 is 2.26 bits per heavy atom. The number of rotatable bonds is 9. The second kappa shape index (κ2) is 8.88. The van der Waals surface area contributed by atoms with Gasteiger partial charge in [-0.15, -0.1) is 17.9 Å². The Kier molecular flexibility index (Phi) is 7.45. The molecule has 3 nitrogen and oxygen atoms in total. The fourth-order valence-electron chi connectivity index (χ4n) is 1.90. The first-order valence-corrected chi connectivity index (χ1v) is 7.64. The van der Waals surface area contributed by atoms with Crippen molar-refractivity contribution < 1.29 is 9.53 Å². The number of allylic oxidation sites excluding steroid dienone is 1. The van der Waals surface area contributed by atoms with Gasteiger partial charge < -0.3 is 9.64 Å². The molecule has 0 radical (unpaired) electrons. The van der Waals surface area contributed by atoms with Crippen molar-refractivity contribution in [1.29, 1.82) is 0 Å². The van der Waals surface area contributed by atoms with Crippen LogP contribution in [-0.4, -0.2) is 37.1 Å². The van der Waals surface area contributed by atoms with E-state index in [2.05, 4.69) is 25.3 Å². The number of thiophene rings is 1. The molecular formula is C15H23NO2S. The third kappa shape index (κ3) is 5.17. The van der Waals surface area contributed by atoms with E-state index in [4.69, 9.17) is 4.74 Å². The lowest BCUT2D eigenvalue weighted by atomic mass is 10.0. The van der Waals surface area contributed by atoms with Crippen molar-refractivity contribution in [3.8, 4) is 0 Å². The van der Waals surface area contributed by atoms with Crippen molar-refractivity contribution in [2.24, 2.45) is 0 Å². The molecule has 0 bridgehead atoms. The summed E-state index contributed by atoms with van der Waals surface area (Å²) in [6.07, 6.45) is 2.40. The standard InChI is InChI=1S/C15H23NO2S/c1-4-8-13(14-9-7-12-19-14)15(17)18-11-10-16(5-2)6-3/h4,7,9,12-13H,1,5-6,8,10-11H2,2-3H3. The van der Waals surface area contributed by atoms with Crippen molar-refractivity contribution in [2.45, 2.75) is 26.2 Å².